The van der Waals surface area contributed by atoms with E-state index < -0.39 is 0 Å². The Morgan fingerprint density at radius 3 is 1.40 bits per heavy atom. The largest absolute Gasteiger partial charge is 0.310 e. The predicted octanol–water partition coefficient (Wildman–Crippen LogP) is 17.1. The maximum atomic E-state index is 2.49. The zero-order valence-electron chi connectivity index (χ0n) is 37.2. The van der Waals surface area contributed by atoms with Crippen LogP contribution in [0.1, 0.15) is 25.0 Å². The summed E-state index contributed by atoms with van der Waals surface area (Å²) in [5.74, 6) is 0. The third-order valence-electron chi connectivity index (χ3n) is 14.6. The van der Waals surface area contributed by atoms with Crippen molar-refractivity contribution in [1.29, 1.82) is 0 Å². The molecule has 0 spiro atoms. The zero-order valence-corrected chi connectivity index (χ0v) is 37.2. The Labute approximate surface area is 389 Å². The van der Waals surface area contributed by atoms with Crippen molar-refractivity contribution in [1.82, 2.24) is 9.13 Å². The Morgan fingerprint density at radius 2 is 0.746 bits per heavy atom. The van der Waals surface area contributed by atoms with Crippen molar-refractivity contribution in [3.8, 4) is 33.6 Å². The van der Waals surface area contributed by atoms with Gasteiger partial charge in [0.25, 0.3) is 0 Å². The molecule has 0 atom stereocenters. The van der Waals surface area contributed by atoms with Gasteiger partial charge in [0.1, 0.15) is 0 Å². The van der Waals surface area contributed by atoms with E-state index in [0.29, 0.717) is 0 Å². The van der Waals surface area contributed by atoms with Crippen LogP contribution in [-0.2, 0) is 5.41 Å². The van der Waals surface area contributed by atoms with E-state index in [-0.39, 0.29) is 5.41 Å². The highest BCUT2D eigenvalue weighted by Gasteiger charge is 2.37. The fourth-order valence-corrected chi connectivity index (χ4v) is 11.5. The van der Waals surface area contributed by atoms with E-state index in [9.17, 15) is 0 Å². The lowest BCUT2D eigenvalue weighted by Gasteiger charge is -2.29. The monoisotopic (exact) mass is 856 g/mol. The molecule has 2 aromatic heterocycles. The van der Waals surface area contributed by atoms with Crippen LogP contribution < -0.4 is 9.80 Å². The molecule has 4 heteroatoms. The molecule has 0 fully saturated rings. The average Bonchev–Trinajstić information content (AvgIpc) is 3.97. The number of rotatable bonds is 4. The quantitative estimate of drug-likeness (QED) is 0.175. The molecule has 0 radical (unpaired) electrons. The normalized spacial score (nSPS) is 13.6. The lowest BCUT2D eigenvalue weighted by molar-refractivity contribution is 0.660. The van der Waals surface area contributed by atoms with E-state index in [2.05, 4.69) is 263 Å². The molecular weight excluding hydrogens is 813 g/mol. The minimum Gasteiger partial charge on any atom is -0.310 e. The molecule has 0 unspecified atom stereocenters. The summed E-state index contributed by atoms with van der Waals surface area (Å²) in [6.45, 7) is 4.76. The first-order valence-electron chi connectivity index (χ1n) is 23.3. The first-order chi connectivity index (χ1) is 33.0. The van der Waals surface area contributed by atoms with Gasteiger partial charge < -0.3 is 18.9 Å². The molecule has 67 heavy (non-hydrogen) atoms. The van der Waals surface area contributed by atoms with Gasteiger partial charge in [-0.1, -0.05) is 141 Å². The SMILES string of the molecule is CC1(C)c2ccc3cc2-c2cc(ccc21)N(c1cccc2c4ccccc4n(-c4ccccc4)c12)c1cccc(c1)-c1cccc(c1)N3c1ccc2c3ccccc3n(-c3ccccc3)c2c1. The number of para-hydroxylation sites is 5. The van der Waals surface area contributed by atoms with Crippen LogP contribution in [0.3, 0.4) is 0 Å². The molecule has 0 saturated carbocycles. The van der Waals surface area contributed by atoms with Crippen molar-refractivity contribution in [2.75, 3.05) is 9.80 Å². The van der Waals surface area contributed by atoms with E-state index in [0.717, 1.165) is 56.6 Å². The Kier molecular flexibility index (Phi) is 8.00. The van der Waals surface area contributed by atoms with Crippen LogP contribution in [0.4, 0.5) is 34.1 Å². The second-order valence-electron chi connectivity index (χ2n) is 18.6. The number of hydrogen-bond acceptors (Lipinski definition) is 2. The second-order valence-corrected chi connectivity index (χ2v) is 18.6. The molecule has 12 aromatic rings. The van der Waals surface area contributed by atoms with E-state index in [4.69, 9.17) is 0 Å². The topological polar surface area (TPSA) is 16.3 Å². The third-order valence-corrected chi connectivity index (χ3v) is 14.6. The molecule has 1 aliphatic carbocycles. The first-order valence-corrected chi connectivity index (χ1v) is 23.3. The zero-order chi connectivity index (χ0) is 44.4. The minimum atomic E-state index is -0.194. The van der Waals surface area contributed by atoms with Gasteiger partial charge in [0, 0.05) is 66.8 Å². The Bertz CT molecular complexity index is 3970. The van der Waals surface area contributed by atoms with Crippen molar-refractivity contribution in [2.45, 2.75) is 19.3 Å². The number of benzene rings is 10. The molecule has 10 aromatic carbocycles. The predicted molar refractivity (Wildman–Crippen MR) is 281 cm³/mol. The summed E-state index contributed by atoms with van der Waals surface area (Å²) in [4.78, 5) is 4.94. The number of hydrogen-bond donors (Lipinski definition) is 0. The molecule has 2 aliphatic rings. The molecule has 3 heterocycles. The van der Waals surface area contributed by atoms with Crippen molar-refractivity contribution in [3.63, 3.8) is 0 Å². The van der Waals surface area contributed by atoms with Crippen LogP contribution in [0, 0.1) is 0 Å². The lowest BCUT2D eigenvalue weighted by atomic mass is 9.82. The summed E-state index contributed by atoms with van der Waals surface area (Å²) in [7, 11) is 0. The molecule has 0 saturated heterocycles. The van der Waals surface area contributed by atoms with Crippen LogP contribution in [0.5, 0.6) is 0 Å². The van der Waals surface area contributed by atoms with E-state index >= 15 is 0 Å². The van der Waals surface area contributed by atoms with Gasteiger partial charge in [-0.3, -0.25) is 0 Å². The Hall–Kier alpha value is -8.60. The van der Waals surface area contributed by atoms with Crippen LogP contribution in [0.25, 0.3) is 77.2 Å². The van der Waals surface area contributed by atoms with Crippen molar-refractivity contribution >= 4 is 77.7 Å². The molecule has 4 nitrogen and oxygen atoms in total. The van der Waals surface area contributed by atoms with Gasteiger partial charge in [0.05, 0.1) is 27.8 Å². The summed E-state index contributed by atoms with van der Waals surface area (Å²) >= 11 is 0. The fourth-order valence-electron chi connectivity index (χ4n) is 11.5. The summed E-state index contributed by atoms with van der Waals surface area (Å²) < 4.78 is 4.86. The molecule has 0 N–H and O–H groups in total. The van der Waals surface area contributed by atoms with Gasteiger partial charge in [-0.25, -0.2) is 0 Å². The van der Waals surface area contributed by atoms with Gasteiger partial charge in [-0.2, -0.15) is 0 Å². The van der Waals surface area contributed by atoms with Crippen LogP contribution in [-0.4, -0.2) is 9.13 Å². The first kappa shape index (κ1) is 37.7. The molecule has 8 bridgehead atoms. The van der Waals surface area contributed by atoms with Gasteiger partial charge in [0.2, 0.25) is 0 Å². The molecule has 316 valence electrons. The van der Waals surface area contributed by atoms with Crippen molar-refractivity contribution in [3.05, 3.63) is 242 Å². The fraction of sp³-hybridized carbons (Fsp3) is 0.0476. The van der Waals surface area contributed by atoms with E-state index in [1.807, 2.05) is 0 Å². The summed E-state index contributed by atoms with van der Waals surface area (Å²) in [6.07, 6.45) is 0. The van der Waals surface area contributed by atoms with Crippen molar-refractivity contribution in [2.24, 2.45) is 0 Å². The van der Waals surface area contributed by atoms with Crippen LogP contribution >= 0.6 is 0 Å². The molecule has 1 aliphatic heterocycles. The number of fused-ring (bicyclic) bond motifs is 13. The maximum absolute atomic E-state index is 2.49. The second kappa shape index (κ2) is 14.2. The number of nitrogens with zero attached hydrogens (tertiary/aromatic N) is 4. The molecule has 0 amide bonds. The summed E-state index contributed by atoms with van der Waals surface area (Å²) in [5, 5.41) is 4.94. The number of anilines is 6. The summed E-state index contributed by atoms with van der Waals surface area (Å²) in [5.41, 5.74) is 21.0. The van der Waals surface area contributed by atoms with Gasteiger partial charge in [0.15, 0.2) is 0 Å². The Balaban J connectivity index is 1.04. The third kappa shape index (κ3) is 5.54. The highest BCUT2D eigenvalue weighted by molar-refractivity contribution is 6.15. The highest BCUT2D eigenvalue weighted by Crippen LogP contribution is 2.54. The van der Waals surface area contributed by atoms with Gasteiger partial charge >= 0.3 is 0 Å². The van der Waals surface area contributed by atoms with Crippen LogP contribution in [0.15, 0.2) is 231 Å². The highest BCUT2D eigenvalue weighted by atomic mass is 15.2. The van der Waals surface area contributed by atoms with Crippen molar-refractivity contribution < 1.29 is 0 Å². The average molecular weight is 857 g/mol. The smallest absolute Gasteiger partial charge is 0.0782 e. The standard InChI is InChI=1S/C63H44N4/c1-63(2)56-34-31-47-38-54(56)55-39-48(32-35-57(55)63)65(60-29-15-26-53-51-25-10-12-28-59(51)67(62(53)60)44-20-7-4-8-21-44)46-23-14-17-42(37-46)41-16-13-22-45(36-41)64(47)49-30-33-52-50-24-9-11-27-58(50)66(61(52)40-49)43-18-5-3-6-19-43/h3-40H,1-2H3. The van der Waals surface area contributed by atoms with E-state index in [1.54, 1.807) is 0 Å². The van der Waals surface area contributed by atoms with Gasteiger partial charge in [-0.05, 0) is 137 Å². The van der Waals surface area contributed by atoms with Gasteiger partial charge in [-0.15, -0.1) is 0 Å². The Morgan fingerprint density at radius 1 is 0.299 bits per heavy atom. The van der Waals surface area contributed by atoms with Crippen LogP contribution in [0.2, 0.25) is 0 Å². The maximum Gasteiger partial charge on any atom is 0.0782 e. The molecule has 14 rings (SSSR count). The van der Waals surface area contributed by atoms with E-state index in [1.165, 1.54) is 65.9 Å². The molecular formula is C63H44N4. The summed E-state index contributed by atoms with van der Waals surface area (Å²) in [6, 6.07) is 85.5. The lowest BCUT2D eigenvalue weighted by Crippen LogP contribution is -2.16. The minimum absolute atomic E-state index is 0.194. The number of aromatic nitrogens is 2.